The average Bonchev–Trinajstić information content (AvgIpc) is 2.43. The van der Waals surface area contributed by atoms with Gasteiger partial charge in [0.25, 0.3) is 0 Å². The number of nitro groups is 1. The molecule has 1 aromatic carbocycles. The zero-order chi connectivity index (χ0) is 14.7. The third-order valence-electron chi connectivity index (χ3n) is 2.77. The Hall–Kier alpha value is -2.15. The lowest BCUT2D eigenvalue weighted by atomic mass is 10.2. The predicted octanol–water partition coefficient (Wildman–Crippen LogP) is 3.85. The molecule has 1 heterocycles. The quantitative estimate of drug-likeness (QED) is 0.654. The first kappa shape index (κ1) is 14.3. The lowest BCUT2D eigenvalue weighted by Gasteiger charge is -2.11. The van der Waals surface area contributed by atoms with Crippen molar-refractivity contribution in [3.63, 3.8) is 0 Å². The summed E-state index contributed by atoms with van der Waals surface area (Å²) >= 11 is 3.46. The normalized spacial score (nSPS) is 10.2. The molecule has 2 aromatic rings. The molecule has 2 N–H and O–H groups in total. The molecule has 0 unspecified atom stereocenters. The molecule has 0 aliphatic rings. The van der Waals surface area contributed by atoms with E-state index in [4.69, 9.17) is 0 Å². The average molecular weight is 337 g/mol. The van der Waals surface area contributed by atoms with Crippen LogP contribution >= 0.6 is 15.9 Å². The van der Waals surface area contributed by atoms with Crippen LogP contribution in [0.25, 0.3) is 0 Å². The number of hydrogen-bond acceptors (Lipinski definition) is 5. The van der Waals surface area contributed by atoms with E-state index in [-0.39, 0.29) is 11.5 Å². The van der Waals surface area contributed by atoms with Gasteiger partial charge in [-0.05, 0) is 40.5 Å². The molecule has 0 amide bonds. The number of benzene rings is 1. The Morgan fingerprint density at radius 2 is 2.05 bits per heavy atom. The van der Waals surface area contributed by atoms with E-state index >= 15 is 0 Å². The lowest BCUT2D eigenvalue weighted by Crippen LogP contribution is -2.03. The first-order valence-electron chi connectivity index (χ1n) is 5.88. The molecule has 0 saturated carbocycles. The van der Waals surface area contributed by atoms with Gasteiger partial charge in [0.15, 0.2) is 0 Å². The van der Waals surface area contributed by atoms with E-state index < -0.39 is 4.92 Å². The van der Waals surface area contributed by atoms with Gasteiger partial charge in [-0.2, -0.15) is 0 Å². The molecule has 0 aliphatic carbocycles. The molecule has 104 valence electrons. The summed E-state index contributed by atoms with van der Waals surface area (Å²) in [5.41, 5.74) is 1.69. The van der Waals surface area contributed by atoms with Crippen LogP contribution in [0.15, 0.2) is 34.8 Å². The van der Waals surface area contributed by atoms with Crippen molar-refractivity contribution < 1.29 is 4.92 Å². The van der Waals surface area contributed by atoms with Crippen molar-refractivity contribution in [2.24, 2.45) is 0 Å². The van der Waals surface area contributed by atoms with Crippen molar-refractivity contribution in [1.82, 2.24) is 4.98 Å². The fourth-order valence-electron chi connectivity index (χ4n) is 1.70. The molecule has 1 aromatic heterocycles. The van der Waals surface area contributed by atoms with Crippen LogP contribution in [-0.4, -0.2) is 17.0 Å². The van der Waals surface area contributed by atoms with E-state index in [9.17, 15) is 10.1 Å². The summed E-state index contributed by atoms with van der Waals surface area (Å²) < 4.78 is 0.853. The second-order valence-electron chi connectivity index (χ2n) is 4.13. The maximum atomic E-state index is 11.1. The maximum Gasteiger partial charge on any atom is 0.311 e. The number of pyridine rings is 1. The van der Waals surface area contributed by atoms with Crippen LogP contribution in [0.3, 0.4) is 0 Å². The molecule has 0 atom stereocenters. The minimum Gasteiger partial charge on any atom is -0.373 e. The van der Waals surface area contributed by atoms with Crippen molar-refractivity contribution in [3.05, 3.63) is 50.5 Å². The molecular weight excluding hydrogens is 324 g/mol. The van der Waals surface area contributed by atoms with Crippen molar-refractivity contribution >= 4 is 38.9 Å². The second-order valence-corrected chi connectivity index (χ2v) is 4.93. The summed E-state index contributed by atoms with van der Waals surface area (Å²) in [6, 6.07) is 8.63. The van der Waals surface area contributed by atoms with Crippen molar-refractivity contribution in [3.8, 4) is 0 Å². The molecule has 0 spiro atoms. The zero-order valence-electron chi connectivity index (χ0n) is 11.0. The number of anilines is 3. The van der Waals surface area contributed by atoms with Gasteiger partial charge in [0.1, 0.15) is 5.82 Å². The first-order chi connectivity index (χ1) is 9.52. The third-order valence-corrected chi connectivity index (χ3v) is 3.82. The Morgan fingerprint density at radius 1 is 1.30 bits per heavy atom. The minimum atomic E-state index is -0.460. The van der Waals surface area contributed by atoms with Gasteiger partial charge in [-0.25, -0.2) is 4.98 Å². The number of rotatable bonds is 4. The van der Waals surface area contributed by atoms with Crippen molar-refractivity contribution in [2.45, 2.75) is 6.92 Å². The largest absolute Gasteiger partial charge is 0.373 e. The van der Waals surface area contributed by atoms with E-state index in [1.165, 1.54) is 6.07 Å². The number of aryl methyl sites for hydroxylation is 1. The highest BCUT2D eigenvalue weighted by atomic mass is 79.9. The van der Waals surface area contributed by atoms with Crippen LogP contribution in [0, 0.1) is 17.0 Å². The van der Waals surface area contributed by atoms with Gasteiger partial charge in [-0.3, -0.25) is 10.1 Å². The molecule has 0 aliphatic heterocycles. The Bertz CT molecular complexity index is 661. The smallest absolute Gasteiger partial charge is 0.311 e. The first-order valence-corrected chi connectivity index (χ1v) is 6.67. The molecule has 7 heteroatoms. The highest BCUT2D eigenvalue weighted by Gasteiger charge is 2.17. The molecule has 0 radical (unpaired) electrons. The van der Waals surface area contributed by atoms with Gasteiger partial charge in [-0.15, -0.1) is 0 Å². The number of aromatic nitrogens is 1. The van der Waals surface area contributed by atoms with Crippen molar-refractivity contribution in [2.75, 3.05) is 17.7 Å². The number of hydrogen-bond donors (Lipinski definition) is 2. The third kappa shape index (κ3) is 2.88. The summed E-state index contributed by atoms with van der Waals surface area (Å²) in [5.74, 6) is 0.759. The summed E-state index contributed by atoms with van der Waals surface area (Å²) in [5, 5.41) is 16.9. The molecule has 20 heavy (non-hydrogen) atoms. The van der Waals surface area contributed by atoms with Crippen LogP contribution in [0.5, 0.6) is 0 Å². The Kier molecular flexibility index (Phi) is 4.19. The molecule has 2 rings (SSSR count). The van der Waals surface area contributed by atoms with E-state index in [1.807, 2.05) is 25.1 Å². The van der Waals surface area contributed by atoms with Gasteiger partial charge in [0, 0.05) is 17.6 Å². The zero-order valence-corrected chi connectivity index (χ0v) is 12.6. The standard InChI is InChI=1S/C13H13BrN4O2/c1-8-4-3-5-9(12(8)14)16-13-10(18(19)20)6-7-11(15-2)17-13/h3-7H,1-2H3,(H2,15,16,17). The van der Waals surface area contributed by atoms with Crippen LogP contribution < -0.4 is 10.6 Å². The summed E-state index contributed by atoms with van der Waals surface area (Å²) in [4.78, 5) is 14.8. The van der Waals surface area contributed by atoms with Gasteiger partial charge >= 0.3 is 5.69 Å². The van der Waals surface area contributed by atoms with Crippen LogP contribution in [0.4, 0.5) is 23.0 Å². The SMILES string of the molecule is CNc1ccc([N+](=O)[O-])c(Nc2cccc(C)c2Br)n1. The summed E-state index contributed by atoms with van der Waals surface area (Å²) in [7, 11) is 1.71. The van der Waals surface area contributed by atoms with Crippen LogP contribution in [-0.2, 0) is 0 Å². The van der Waals surface area contributed by atoms with E-state index in [0.29, 0.717) is 5.82 Å². The van der Waals surface area contributed by atoms with Gasteiger partial charge < -0.3 is 10.6 Å². The summed E-state index contributed by atoms with van der Waals surface area (Å²) in [6.45, 7) is 1.95. The monoisotopic (exact) mass is 336 g/mol. The summed E-state index contributed by atoms with van der Waals surface area (Å²) in [6.07, 6.45) is 0. The Morgan fingerprint density at radius 3 is 2.70 bits per heavy atom. The molecule has 0 fully saturated rings. The highest BCUT2D eigenvalue weighted by Crippen LogP contribution is 2.32. The van der Waals surface area contributed by atoms with Gasteiger partial charge in [0.05, 0.1) is 10.6 Å². The molecule has 0 saturated heterocycles. The Balaban J connectivity index is 2.46. The number of halogens is 1. The van der Waals surface area contributed by atoms with Crippen LogP contribution in [0.1, 0.15) is 5.56 Å². The molecule has 0 bridgehead atoms. The fraction of sp³-hybridized carbons (Fsp3) is 0.154. The molecule has 6 nitrogen and oxygen atoms in total. The van der Waals surface area contributed by atoms with E-state index in [0.717, 1.165) is 15.7 Å². The predicted molar refractivity (Wildman–Crippen MR) is 82.6 cm³/mol. The lowest BCUT2D eigenvalue weighted by molar-refractivity contribution is -0.384. The van der Waals surface area contributed by atoms with E-state index in [2.05, 4.69) is 31.5 Å². The van der Waals surface area contributed by atoms with Crippen molar-refractivity contribution in [1.29, 1.82) is 0 Å². The van der Waals surface area contributed by atoms with Gasteiger partial charge in [0.2, 0.25) is 5.82 Å². The maximum absolute atomic E-state index is 11.1. The second kappa shape index (κ2) is 5.87. The molecular formula is C13H13BrN4O2. The topological polar surface area (TPSA) is 80.1 Å². The Labute approximate surface area is 124 Å². The van der Waals surface area contributed by atoms with Crippen LogP contribution in [0.2, 0.25) is 0 Å². The number of nitrogens with zero attached hydrogens (tertiary/aromatic N) is 2. The number of nitrogens with one attached hydrogen (secondary N) is 2. The fourth-order valence-corrected chi connectivity index (χ4v) is 2.07. The van der Waals surface area contributed by atoms with Gasteiger partial charge in [-0.1, -0.05) is 12.1 Å². The minimum absolute atomic E-state index is 0.0718. The van der Waals surface area contributed by atoms with E-state index in [1.54, 1.807) is 13.1 Å². The highest BCUT2D eigenvalue weighted by molar-refractivity contribution is 9.10.